The van der Waals surface area contributed by atoms with Crippen molar-refractivity contribution in [1.82, 2.24) is 4.57 Å². The smallest absolute Gasteiger partial charge is 0.315 e. The van der Waals surface area contributed by atoms with Crippen molar-refractivity contribution in [2.45, 2.75) is 49.0 Å². The lowest BCUT2D eigenvalue weighted by Crippen LogP contribution is -2.29. The van der Waals surface area contributed by atoms with Crippen LogP contribution in [0.1, 0.15) is 59.4 Å². The second-order valence-electron chi connectivity index (χ2n) is 7.21. The second-order valence-corrected chi connectivity index (χ2v) is 8.06. The van der Waals surface area contributed by atoms with Crippen LogP contribution >= 0.6 is 11.8 Å². The summed E-state index contributed by atoms with van der Waals surface area (Å²) in [4.78, 5) is 25.7. The maximum Gasteiger partial charge on any atom is 0.315 e. The number of hydrogen-bond acceptors (Lipinski definition) is 3. The summed E-state index contributed by atoms with van der Waals surface area (Å²) in [6, 6.07) is 9.81. The highest BCUT2D eigenvalue weighted by atomic mass is 32.2. The van der Waals surface area contributed by atoms with E-state index in [0.717, 1.165) is 10.6 Å². The molecule has 1 aromatic carbocycles. The fourth-order valence-corrected chi connectivity index (χ4v) is 4.37. The van der Waals surface area contributed by atoms with Gasteiger partial charge in [-0.05, 0) is 50.0 Å². The van der Waals surface area contributed by atoms with Crippen molar-refractivity contribution in [2.75, 3.05) is 6.26 Å². The molecule has 25 heavy (non-hydrogen) atoms. The number of hydrogen-bond donors (Lipinski definition) is 1. The lowest BCUT2D eigenvalue weighted by molar-refractivity contribution is -0.143. The first-order valence-electron chi connectivity index (χ1n) is 8.62. The summed E-state index contributed by atoms with van der Waals surface area (Å²) in [6.45, 7) is 2.32. The molecule has 1 atom stereocenters. The zero-order valence-corrected chi connectivity index (χ0v) is 15.2. The summed E-state index contributed by atoms with van der Waals surface area (Å²) in [5.74, 6) is -0.184. The highest BCUT2D eigenvalue weighted by Crippen LogP contribution is 2.42. The Morgan fingerprint density at radius 3 is 2.48 bits per heavy atom. The number of carbonyl (C=O) groups excluding carboxylic acids is 1. The van der Waals surface area contributed by atoms with Crippen LogP contribution in [0.15, 0.2) is 35.2 Å². The first kappa shape index (κ1) is 16.5. The van der Waals surface area contributed by atoms with Crippen LogP contribution in [0.25, 0.3) is 0 Å². The van der Waals surface area contributed by atoms with E-state index in [-0.39, 0.29) is 5.78 Å². The number of aliphatic carboxylic acids is 1. The van der Waals surface area contributed by atoms with Gasteiger partial charge in [-0.1, -0.05) is 24.3 Å². The summed E-state index contributed by atoms with van der Waals surface area (Å²) in [5.41, 5.74) is 2.43. The minimum absolute atomic E-state index is 0.0208. The molecule has 0 amide bonds. The van der Waals surface area contributed by atoms with E-state index >= 15 is 0 Å². The number of ketones is 1. The topological polar surface area (TPSA) is 59.3 Å². The van der Waals surface area contributed by atoms with Crippen molar-refractivity contribution >= 4 is 23.5 Å². The molecule has 1 fully saturated rings. The van der Waals surface area contributed by atoms with Crippen molar-refractivity contribution < 1.29 is 14.7 Å². The standard InChI is InChI=1S/C20H21NO3S/c1-20(19(23)24)9-10-21-16(20)11-15(25-2)17(21)18(22)14-7-5-13(6-8-14)12-3-4-12/h5-8,11-12H,3-4,9-10H2,1-2H3,(H,23,24). The predicted octanol–water partition coefficient (Wildman–Crippen LogP) is 4.06. The molecule has 5 heteroatoms. The highest BCUT2D eigenvalue weighted by Gasteiger charge is 2.44. The fraction of sp³-hybridized carbons (Fsp3) is 0.400. The molecule has 2 aromatic rings. The molecule has 4 nitrogen and oxygen atoms in total. The number of aromatic nitrogens is 1. The number of benzene rings is 1. The first-order chi connectivity index (χ1) is 12.0. The molecule has 1 aliphatic carbocycles. The molecule has 1 saturated carbocycles. The lowest BCUT2D eigenvalue weighted by atomic mass is 9.86. The number of fused-ring (bicyclic) bond motifs is 1. The zero-order chi connectivity index (χ0) is 17.8. The van der Waals surface area contributed by atoms with E-state index in [9.17, 15) is 14.7 Å². The van der Waals surface area contributed by atoms with Crippen LogP contribution in [-0.2, 0) is 16.8 Å². The van der Waals surface area contributed by atoms with E-state index < -0.39 is 11.4 Å². The van der Waals surface area contributed by atoms with E-state index in [4.69, 9.17) is 0 Å². The quantitative estimate of drug-likeness (QED) is 0.649. The summed E-state index contributed by atoms with van der Waals surface area (Å²) in [7, 11) is 0. The Morgan fingerprint density at radius 1 is 1.24 bits per heavy atom. The van der Waals surface area contributed by atoms with E-state index in [1.807, 2.05) is 29.0 Å². The molecule has 1 unspecified atom stereocenters. The van der Waals surface area contributed by atoms with Crippen molar-refractivity contribution in [3.05, 3.63) is 52.8 Å². The molecular weight excluding hydrogens is 334 g/mol. The van der Waals surface area contributed by atoms with Gasteiger partial charge in [0.05, 0.1) is 0 Å². The Balaban J connectivity index is 1.75. The van der Waals surface area contributed by atoms with Crippen LogP contribution in [0.5, 0.6) is 0 Å². The van der Waals surface area contributed by atoms with Gasteiger partial charge in [-0.3, -0.25) is 9.59 Å². The number of carboxylic acid groups (broad SMARTS) is 1. The van der Waals surface area contributed by atoms with Crippen LogP contribution in [0.4, 0.5) is 0 Å². The minimum atomic E-state index is -0.918. The molecule has 0 spiro atoms. The molecule has 2 aliphatic rings. The summed E-state index contributed by atoms with van der Waals surface area (Å²) < 4.78 is 1.91. The van der Waals surface area contributed by atoms with Gasteiger partial charge in [0.25, 0.3) is 0 Å². The third-order valence-corrected chi connectivity index (χ3v) is 6.34. The number of thioether (sulfide) groups is 1. The van der Waals surface area contributed by atoms with Gasteiger partial charge in [0.2, 0.25) is 5.78 Å². The van der Waals surface area contributed by atoms with Crippen LogP contribution in [0, 0.1) is 0 Å². The number of nitrogens with zero attached hydrogens (tertiary/aromatic N) is 1. The maximum atomic E-state index is 13.1. The lowest BCUT2D eigenvalue weighted by Gasteiger charge is -2.16. The van der Waals surface area contributed by atoms with E-state index in [1.165, 1.54) is 30.2 Å². The van der Waals surface area contributed by atoms with Gasteiger partial charge in [-0.25, -0.2) is 0 Å². The Morgan fingerprint density at radius 2 is 1.92 bits per heavy atom. The highest BCUT2D eigenvalue weighted by molar-refractivity contribution is 7.98. The minimum Gasteiger partial charge on any atom is -0.481 e. The molecule has 4 rings (SSSR count). The van der Waals surface area contributed by atoms with E-state index in [2.05, 4.69) is 12.1 Å². The van der Waals surface area contributed by atoms with Crippen LogP contribution in [-0.4, -0.2) is 27.7 Å². The van der Waals surface area contributed by atoms with Gasteiger partial charge in [-0.2, -0.15) is 0 Å². The Hall–Kier alpha value is -2.01. The summed E-state index contributed by atoms with van der Waals surface area (Å²) >= 11 is 1.50. The Bertz CT molecular complexity index is 864. The molecule has 1 N–H and O–H groups in total. The molecule has 0 saturated heterocycles. The fourth-order valence-electron chi connectivity index (χ4n) is 3.74. The van der Waals surface area contributed by atoms with Gasteiger partial charge in [0.15, 0.2) is 0 Å². The predicted molar refractivity (Wildman–Crippen MR) is 97.7 cm³/mol. The average Bonchev–Trinajstić information content (AvgIpc) is 3.31. The van der Waals surface area contributed by atoms with Crippen LogP contribution < -0.4 is 0 Å². The molecule has 0 radical (unpaired) electrons. The largest absolute Gasteiger partial charge is 0.481 e. The van der Waals surface area contributed by atoms with E-state index in [1.54, 1.807) is 6.92 Å². The van der Waals surface area contributed by atoms with Crippen LogP contribution in [0.3, 0.4) is 0 Å². The summed E-state index contributed by atoms with van der Waals surface area (Å²) in [6.07, 6.45) is 4.93. The van der Waals surface area contributed by atoms with Crippen LogP contribution in [0.2, 0.25) is 0 Å². The first-order valence-corrected chi connectivity index (χ1v) is 9.84. The zero-order valence-electron chi connectivity index (χ0n) is 14.4. The van der Waals surface area contributed by atoms with Gasteiger partial charge in [-0.15, -0.1) is 11.8 Å². The molecule has 2 heterocycles. The molecule has 0 bridgehead atoms. The number of carboxylic acids is 1. The van der Waals surface area contributed by atoms with Gasteiger partial charge in [0, 0.05) is 22.7 Å². The van der Waals surface area contributed by atoms with Crippen molar-refractivity contribution in [3.63, 3.8) is 0 Å². The Labute approximate surface area is 151 Å². The van der Waals surface area contributed by atoms with Crippen molar-refractivity contribution in [1.29, 1.82) is 0 Å². The molecule has 130 valence electrons. The van der Waals surface area contributed by atoms with Crippen molar-refractivity contribution in [2.24, 2.45) is 0 Å². The monoisotopic (exact) mass is 355 g/mol. The van der Waals surface area contributed by atoms with Gasteiger partial charge < -0.3 is 9.67 Å². The number of carbonyl (C=O) groups is 2. The van der Waals surface area contributed by atoms with Gasteiger partial charge in [0.1, 0.15) is 11.1 Å². The third-order valence-electron chi connectivity index (χ3n) is 5.59. The molecular formula is C20H21NO3S. The van der Waals surface area contributed by atoms with E-state index in [0.29, 0.717) is 30.1 Å². The SMILES string of the molecule is CSc1cc2n(c1C(=O)c1ccc(C3CC3)cc1)CCC2(C)C(=O)O. The second kappa shape index (κ2) is 5.77. The molecule has 1 aromatic heterocycles. The maximum absolute atomic E-state index is 13.1. The third kappa shape index (κ3) is 2.53. The summed E-state index contributed by atoms with van der Waals surface area (Å²) in [5, 5.41) is 9.63. The van der Waals surface area contributed by atoms with Gasteiger partial charge >= 0.3 is 5.97 Å². The Kier molecular flexibility index (Phi) is 3.80. The molecule has 1 aliphatic heterocycles. The normalized spacial score (nSPS) is 22.0. The average molecular weight is 355 g/mol. The number of rotatable bonds is 5. The van der Waals surface area contributed by atoms with Crippen molar-refractivity contribution in [3.8, 4) is 0 Å².